The van der Waals surface area contributed by atoms with E-state index < -0.39 is 0 Å². The van der Waals surface area contributed by atoms with Crippen molar-refractivity contribution in [3.8, 4) is 0 Å². The van der Waals surface area contributed by atoms with Crippen LogP contribution in [0.3, 0.4) is 0 Å². The highest BCUT2D eigenvalue weighted by Gasteiger charge is 1.57. The van der Waals surface area contributed by atoms with Gasteiger partial charge in [0.15, 0.2) is 0 Å². The van der Waals surface area contributed by atoms with Gasteiger partial charge in [-0.15, -0.1) is 0 Å². The van der Waals surface area contributed by atoms with E-state index in [1.165, 1.54) is 0 Å². The van der Waals surface area contributed by atoms with Gasteiger partial charge in [0.2, 0.25) is 0 Å². The highest BCUT2D eigenvalue weighted by molar-refractivity contribution is 4.99. The molecular formula is C8H12O2. The van der Waals surface area contributed by atoms with Crippen molar-refractivity contribution >= 4 is 0 Å². The van der Waals surface area contributed by atoms with Gasteiger partial charge >= 0.3 is 0 Å². The highest BCUT2D eigenvalue weighted by atomic mass is 17.1. The van der Waals surface area contributed by atoms with Crippen molar-refractivity contribution in [2.45, 2.75) is 6.92 Å². The van der Waals surface area contributed by atoms with Crippen LogP contribution in [0.1, 0.15) is 6.92 Å². The molecule has 10 heavy (non-hydrogen) atoms. The molecule has 0 amide bonds. The Morgan fingerprint density at radius 2 is 1.20 bits per heavy atom. The van der Waals surface area contributed by atoms with Crippen LogP contribution in [0.15, 0.2) is 36.4 Å². The van der Waals surface area contributed by atoms with E-state index in [9.17, 15) is 0 Å². The highest BCUT2D eigenvalue weighted by Crippen LogP contribution is 1.79. The molecule has 0 saturated heterocycles. The normalized spacial score (nSPS) is 7.80. The Balaban J connectivity index is 0.000000180. The molecule has 1 aromatic rings. The monoisotopic (exact) mass is 140 g/mol. The van der Waals surface area contributed by atoms with E-state index in [1.807, 2.05) is 36.4 Å². The molecule has 0 bridgehead atoms. The molecule has 1 N–H and O–H groups in total. The zero-order valence-electron chi connectivity index (χ0n) is 6.03. The van der Waals surface area contributed by atoms with Gasteiger partial charge in [0, 0.05) is 0 Å². The second-order valence-corrected chi connectivity index (χ2v) is 1.57. The first-order chi connectivity index (χ1) is 4.91. The third kappa shape index (κ3) is 7.14. The summed E-state index contributed by atoms with van der Waals surface area (Å²) in [5.41, 5.74) is 0. The van der Waals surface area contributed by atoms with Gasteiger partial charge in [-0.3, -0.25) is 5.26 Å². The van der Waals surface area contributed by atoms with E-state index in [4.69, 9.17) is 5.26 Å². The lowest BCUT2D eigenvalue weighted by atomic mass is 10.4. The average Bonchev–Trinajstić information content (AvgIpc) is 2.08. The number of hydrogen-bond acceptors (Lipinski definition) is 2. The smallest absolute Gasteiger partial charge is 0.0791 e. The molecule has 1 rings (SSSR count). The van der Waals surface area contributed by atoms with E-state index in [2.05, 4.69) is 4.89 Å². The molecule has 0 heterocycles. The first-order valence-corrected chi connectivity index (χ1v) is 3.18. The van der Waals surface area contributed by atoms with E-state index in [0.29, 0.717) is 6.61 Å². The van der Waals surface area contributed by atoms with Crippen molar-refractivity contribution in [3.63, 3.8) is 0 Å². The van der Waals surface area contributed by atoms with Gasteiger partial charge in [-0.1, -0.05) is 36.4 Å². The second kappa shape index (κ2) is 8.14. The van der Waals surface area contributed by atoms with Gasteiger partial charge in [-0.05, 0) is 6.92 Å². The van der Waals surface area contributed by atoms with Crippen molar-refractivity contribution < 1.29 is 10.1 Å². The van der Waals surface area contributed by atoms with Crippen LogP contribution in [0, 0.1) is 0 Å². The fraction of sp³-hybridized carbons (Fsp3) is 0.250. The summed E-state index contributed by atoms with van der Waals surface area (Å²) in [6.07, 6.45) is 0. The summed E-state index contributed by atoms with van der Waals surface area (Å²) in [5.74, 6) is 0. The van der Waals surface area contributed by atoms with Crippen LogP contribution in [0.5, 0.6) is 0 Å². The Labute approximate surface area is 61.0 Å². The Hall–Kier alpha value is -0.860. The molecule has 0 unspecified atom stereocenters. The summed E-state index contributed by atoms with van der Waals surface area (Å²) in [6, 6.07) is 12.0. The van der Waals surface area contributed by atoms with Crippen LogP contribution in [0.25, 0.3) is 0 Å². The predicted octanol–water partition coefficient (Wildman–Crippen LogP) is 2.18. The van der Waals surface area contributed by atoms with Gasteiger partial charge in [0.1, 0.15) is 0 Å². The maximum absolute atomic E-state index is 7.38. The first-order valence-electron chi connectivity index (χ1n) is 3.18. The van der Waals surface area contributed by atoms with E-state index in [1.54, 1.807) is 6.92 Å². The summed E-state index contributed by atoms with van der Waals surface area (Å²) in [7, 11) is 0. The minimum atomic E-state index is 0.375. The topological polar surface area (TPSA) is 29.5 Å². The maximum atomic E-state index is 7.38. The zero-order chi connectivity index (χ0) is 7.66. The molecule has 0 aliphatic heterocycles. The van der Waals surface area contributed by atoms with Crippen LogP contribution in [-0.4, -0.2) is 11.9 Å². The Bertz CT molecular complexity index is 99.2. The molecule has 0 aliphatic rings. The minimum absolute atomic E-state index is 0.375. The second-order valence-electron chi connectivity index (χ2n) is 1.57. The average molecular weight is 140 g/mol. The van der Waals surface area contributed by atoms with Gasteiger partial charge in [-0.2, -0.15) is 0 Å². The van der Waals surface area contributed by atoms with E-state index >= 15 is 0 Å². The maximum Gasteiger partial charge on any atom is 0.0791 e. The van der Waals surface area contributed by atoms with E-state index in [-0.39, 0.29) is 0 Å². The molecule has 56 valence electrons. The molecule has 1 aromatic carbocycles. The third-order valence-corrected chi connectivity index (χ3v) is 0.796. The molecule has 0 atom stereocenters. The van der Waals surface area contributed by atoms with Crippen LogP contribution < -0.4 is 0 Å². The van der Waals surface area contributed by atoms with Crippen LogP contribution in [0.4, 0.5) is 0 Å². The third-order valence-electron chi connectivity index (χ3n) is 0.796. The number of benzene rings is 1. The largest absolute Gasteiger partial charge is 0.252 e. The lowest BCUT2D eigenvalue weighted by Gasteiger charge is -1.73. The molecular weight excluding hydrogens is 128 g/mol. The Morgan fingerprint density at radius 3 is 1.30 bits per heavy atom. The van der Waals surface area contributed by atoms with Crippen LogP contribution in [-0.2, 0) is 4.89 Å². The van der Waals surface area contributed by atoms with Crippen LogP contribution >= 0.6 is 0 Å². The lowest BCUT2D eigenvalue weighted by Crippen LogP contribution is -1.74. The lowest BCUT2D eigenvalue weighted by molar-refractivity contribution is -0.237. The number of rotatable bonds is 1. The van der Waals surface area contributed by atoms with Crippen molar-refractivity contribution in [3.05, 3.63) is 36.4 Å². The van der Waals surface area contributed by atoms with E-state index in [0.717, 1.165) is 0 Å². The summed E-state index contributed by atoms with van der Waals surface area (Å²) in [5, 5.41) is 7.38. The molecule has 0 spiro atoms. The Kier molecular flexibility index (Phi) is 7.44. The van der Waals surface area contributed by atoms with Crippen molar-refractivity contribution in [1.29, 1.82) is 0 Å². The van der Waals surface area contributed by atoms with Gasteiger partial charge < -0.3 is 0 Å². The summed E-state index contributed by atoms with van der Waals surface area (Å²) >= 11 is 0. The SMILES string of the molecule is CCOO.c1ccccc1. The molecule has 0 radical (unpaired) electrons. The van der Waals surface area contributed by atoms with Crippen molar-refractivity contribution in [1.82, 2.24) is 0 Å². The first kappa shape index (κ1) is 9.14. The van der Waals surface area contributed by atoms with Gasteiger partial charge in [0.25, 0.3) is 0 Å². The minimum Gasteiger partial charge on any atom is -0.252 e. The summed E-state index contributed by atoms with van der Waals surface area (Å²) < 4.78 is 0. The predicted molar refractivity (Wildman–Crippen MR) is 40.7 cm³/mol. The molecule has 2 heteroatoms. The summed E-state index contributed by atoms with van der Waals surface area (Å²) in [4.78, 5) is 3.54. The van der Waals surface area contributed by atoms with Crippen molar-refractivity contribution in [2.24, 2.45) is 0 Å². The zero-order valence-corrected chi connectivity index (χ0v) is 6.03. The summed E-state index contributed by atoms with van der Waals surface area (Å²) in [6.45, 7) is 2.08. The molecule has 0 fully saturated rings. The number of hydrogen-bond donors (Lipinski definition) is 1. The van der Waals surface area contributed by atoms with Crippen molar-refractivity contribution in [2.75, 3.05) is 6.61 Å². The molecule has 0 saturated carbocycles. The standard InChI is InChI=1S/C6H6.C2H6O2/c1-2-4-6-5-3-1;1-2-4-3/h1-6H;3H,2H2,1H3. The quantitative estimate of drug-likeness (QED) is 0.478. The Morgan fingerprint density at radius 1 is 1.00 bits per heavy atom. The van der Waals surface area contributed by atoms with Crippen LogP contribution in [0.2, 0.25) is 0 Å². The fourth-order valence-electron chi connectivity index (χ4n) is 0.385. The molecule has 0 aliphatic carbocycles. The van der Waals surface area contributed by atoms with Gasteiger partial charge in [0.05, 0.1) is 6.61 Å². The fourth-order valence-corrected chi connectivity index (χ4v) is 0.385. The molecule has 2 nitrogen and oxygen atoms in total. The van der Waals surface area contributed by atoms with Gasteiger partial charge in [-0.25, -0.2) is 4.89 Å². The molecule has 0 aromatic heterocycles.